The van der Waals surface area contributed by atoms with Gasteiger partial charge < -0.3 is 24.3 Å². The highest BCUT2D eigenvalue weighted by atomic mass is 19.1. The molecule has 2 aliphatic rings. The largest absolute Gasteiger partial charge is 0.375 e. The summed E-state index contributed by atoms with van der Waals surface area (Å²) in [6.45, 7) is 5.23. The van der Waals surface area contributed by atoms with Crippen molar-refractivity contribution in [2.45, 2.75) is 19.4 Å². The summed E-state index contributed by atoms with van der Waals surface area (Å²) < 4.78 is 38.7. The zero-order valence-electron chi connectivity index (χ0n) is 18.8. The first-order chi connectivity index (χ1) is 15.9. The number of pyridine rings is 1. The molecule has 2 saturated heterocycles. The molecule has 2 aliphatic heterocycles. The van der Waals surface area contributed by atoms with E-state index in [0.717, 1.165) is 18.7 Å². The molecule has 1 atom stereocenters. The summed E-state index contributed by atoms with van der Waals surface area (Å²) in [5.74, 6) is -1.69. The molecule has 0 saturated carbocycles. The number of hydrogen-bond acceptors (Lipinski definition) is 5. The van der Waals surface area contributed by atoms with E-state index < -0.39 is 11.6 Å². The Balaban J connectivity index is 1.59. The molecule has 0 radical (unpaired) electrons. The van der Waals surface area contributed by atoms with Crippen LogP contribution in [0.4, 0.5) is 14.5 Å². The van der Waals surface area contributed by atoms with Gasteiger partial charge in [0.05, 0.1) is 36.2 Å². The highest BCUT2D eigenvalue weighted by Gasteiger charge is 2.28. The molecule has 1 amide bonds. The Morgan fingerprint density at radius 1 is 1.21 bits per heavy atom. The van der Waals surface area contributed by atoms with Crippen molar-refractivity contribution < 1.29 is 18.3 Å². The molecule has 5 rings (SSSR count). The Labute approximate surface area is 191 Å². The molecule has 2 fully saturated rings. The van der Waals surface area contributed by atoms with Crippen molar-refractivity contribution in [3.8, 4) is 11.3 Å². The van der Waals surface area contributed by atoms with E-state index >= 15 is 8.78 Å². The molecule has 0 spiro atoms. The van der Waals surface area contributed by atoms with Crippen LogP contribution in [0.5, 0.6) is 0 Å². The van der Waals surface area contributed by atoms with Crippen LogP contribution >= 0.6 is 0 Å². The Morgan fingerprint density at radius 2 is 2.00 bits per heavy atom. The molecular formula is C24H27F2N5O2. The number of carbonyl (C=O) groups is 1. The van der Waals surface area contributed by atoms with Crippen molar-refractivity contribution in [1.82, 2.24) is 19.6 Å². The van der Waals surface area contributed by atoms with E-state index in [-0.39, 0.29) is 35.5 Å². The Bertz CT molecular complexity index is 1190. The lowest BCUT2D eigenvalue weighted by Crippen LogP contribution is -2.48. The standard InChI is InChI=1S/C24H27F2N5O2/c1-15-3-5-31-20(12-17-14-29(2)7-8-33-17)24(28-21(31)9-15)23-18(25)10-16(11-19(23)26)30-6-4-27-13-22(30)32/h3,5,9-11,17,27H,4,6-8,12-14H2,1-2H3. The summed E-state index contributed by atoms with van der Waals surface area (Å²) in [6, 6.07) is 6.29. The maximum atomic E-state index is 15.4. The molecule has 0 bridgehead atoms. The van der Waals surface area contributed by atoms with Crippen LogP contribution in [0.2, 0.25) is 0 Å². The van der Waals surface area contributed by atoms with Crippen molar-refractivity contribution in [3.05, 3.63) is 53.4 Å². The van der Waals surface area contributed by atoms with E-state index in [1.54, 1.807) is 0 Å². The minimum atomic E-state index is -0.737. The van der Waals surface area contributed by atoms with Gasteiger partial charge in [0.15, 0.2) is 0 Å². The number of benzene rings is 1. The second kappa shape index (κ2) is 8.81. The number of fused-ring (bicyclic) bond motifs is 1. The first-order valence-electron chi connectivity index (χ1n) is 11.2. The lowest BCUT2D eigenvalue weighted by atomic mass is 10.0. The van der Waals surface area contributed by atoms with Crippen molar-refractivity contribution in [3.63, 3.8) is 0 Å². The topological polar surface area (TPSA) is 62.1 Å². The van der Waals surface area contributed by atoms with Crippen molar-refractivity contribution in [2.24, 2.45) is 0 Å². The molecule has 33 heavy (non-hydrogen) atoms. The molecule has 0 aliphatic carbocycles. The van der Waals surface area contributed by atoms with E-state index in [0.29, 0.717) is 37.5 Å². The summed E-state index contributed by atoms with van der Waals surface area (Å²) >= 11 is 0. The first-order valence-corrected chi connectivity index (χ1v) is 11.2. The highest BCUT2D eigenvalue weighted by Crippen LogP contribution is 2.34. The number of aromatic nitrogens is 2. The fourth-order valence-electron chi connectivity index (χ4n) is 4.62. The van der Waals surface area contributed by atoms with Crippen LogP contribution in [0.25, 0.3) is 16.9 Å². The number of carbonyl (C=O) groups excluding carboxylic acids is 1. The number of imidazole rings is 1. The smallest absolute Gasteiger partial charge is 0.240 e. The van der Waals surface area contributed by atoms with Gasteiger partial charge in [-0.25, -0.2) is 13.8 Å². The normalized spacial score (nSPS) is 20.1. The van der Waals surface area contributed by atoms with E-state index in [1.807, 2.05) is 36.7 Å². The Kier molecular flexibility index (Phi) is 5.86. The van der Waals surface area contributed by atoms with E-state index in [2.05, 4.69) is 15.2 Å². The van der Waals surface area contributed by atoms with Gasteiger partial charge in [-0.05, 0) is 43.8 Å². The maximum Gasteiger partial charge on any atom is 0.240 e. The van der Waals surface area contributed by atoms with Crippen LogP contribution in [-0.4, -0.2) is 72.7 Å². The Morgan fingerprint density at radius 3 is 2.73 bits per heavy atom. The number of nitrogens with one attached hydrogen (secondary N) is 1. The SMILES string of the molecule is Cc1ccn2c(CC3CN(C)CCO3)c(-c3c(F)cc(N4CCNCC4=O)cc3F)nc2c1. The number of morpholine rings is 1. The average Bonchev–Trinajstić information content (AvgIpc) is 3.10. The molecular weight excluding hydrogens is 428 g/mol. The minimum Gasteiger partial charge on any atom is -0.375 e. The monoisotopic (exact) mass is 455 g/mol. The van der Waals surface area contributed by atoms with Crippen molar-refractivity contribution in [2.75, 3.05) is 51.3 Å². The summed E-state index contributed by atoms with van der Waals surface area (Å²) in [5.41, 5.74) is 2.65. The van der Waals surface area contributed by atoms with Crippen LogP contribution in [0.15, 0.2) is 30.5 Å². The molecule has 4 heterocycles. The molecule has 3 aromatic rings. The number of ether oxygens (including phenoxy) is 1. The van der Waals surface area contributed by atoms with Crippen LogP contribution in [0.3, 0.4) is 0 Å². The van der Waals surface area contributed by atoms with E-state index in [4.69, 9.17) is 4.74 Å². The number of likely N-dealkylation sites (N-methyl/N-ethyl adjacent to an activating group) is 1. The maximum absolute atomic E-state index is 15.4. The predicted molar refractivity (Wildman–Crippen MR) is 121 cm³/mol. The zero-order valence-corrected chi connectivity index (χ0v) is 18.8. The number of piperazine rings is 1. The predicted octanol–water partition coefficient (Wildman–Crippen LogP) is 2.40. The second-order valence-corrected chi connectivity index (χ2v) is 8.81. The number of aryl methyl sites for hydroxylation is 1. The molecule has 174 valence electrons. The number of nitrogens with zero attached hydrogens (tertiary/aromatic N) is 4. The lowest BCUT2D eigenvalue weighted by Gasteiger charge is -2.30. The molecule has 2 aromatic heterocycles. The second-order valence-electron chi connectivity index (χ2n) is 8.81. The van der Waals surface area contributed by atoms with Crippen molar-refractivity contribution in [1.29, 1.82) is 0 Å². The number of amides is 1. The summed E-state index contributed by atoms with van der Waals surface area (Å²) in [7, 11) is 2.03. The highest BCUT2D eigenvalue weighted by molar-refractivity contribution is 5.95. The van der Waals surface area contributed by atoms with Gasteiger partial charge in [-0.15, -0.1) is 0 Å². The van der Waals surface area contributed by atoms with E-state index in [1.165, 1.54) is 17.0 Å². The minimum absolute atomic E-state index is 0.104. The molecule has 1 N–H and O–H groups in total. The number of anilines is 1. The van der Waals surface area contributed by atoms with Crippen LogP contribution in [-0.2, 0) is 16.0 Å². The Hall–Kier alpha value is -2.88. The summed E-state index contributed by atoms with van der Waals surface area (Å²) in [6.07, 6.45) is 2.25. The third-order valence-electron chi connectivity index (χ3n) is 6.31. The van der Waals surface area contributed by atoms with Gasteiger partial charge in [-0.3, -0.25) is 4.79 Å². The molecule has 7 nitrogen and oxygen atoms in total. The average molecular weight is 456 g/mol. The molecule has 1 aromatic carbocycles. The van der Waals surface area contributed by atoms with Gasteiger partial charge in [0.2, 0.25) is 5.91 Å². The molecule has 1 unspecified atom stereocenters. The van der Waals surface area contributed by atoms with Gasteiger partial charge in [0.25, 0.3) is 0 Å². The van der Waals surface area contributed by atoms with Gasteiger partial charge in [-0.1, -0.05) is 0 Å². The first kappa shape index (κ1) is 21.9. The summed E-state index contributed by atoms with van der Waals surface area (Å²) in [5, 5.41) is 2.96. The zero-order chi connectivity index (χ0) is 23.1. The van der Waals surface area contributed by atoms with Gasteiger partial charge in [-0.2, -0.15) is 0 Å². The quantitative estimate of drug-likeness (QED) is 0.655. The van der Waals surface area contributed by atoms with Crippen LogP contribution < -0.4 is 10.2 Å². The molecule has 9 heteroatoms. The van der Waals surface area contributed by atoms with Crippen molar-refractivity contribution >= 4 is 17.2 Å². The fraction of sp³-hybridized carbons (Fsp3) is 0.417. The number of rotatable bonds is 4. The van der Waals surface area contributed by atoms with E-state index in [9.17, 15) is 4.79 Å². The van der Waals surface area contributed by atoms with Crippen LogP contribution in [0, 0.1) is 18.6 Å². The third-order valence-corrected chi connectivity index (χ3v) is 6.31. The summed E-state index contributed by atoms with van der Waals surface area (Å²) in [4.78, 5) is 20.4. The van der Waals surface area contributed by atoms with Gasteiger partial charge in [0.1, 0.15) is 17.3 Å². The van der Waals surface area contributed by atoms with Crippen LogP contribution in [0.1, 0.15) is 11.3 Å². The number of hydrogen-bond donors (Lipinski definition) is 1. The van der Waals surface area contributed by atoms with Gasteiger partial charge in [0, 0.05) is 44.5 Å². The third kappa shape index (κ3) is 4.23. The fourth-order valence-corrected chi connectivity index (χ4v) is 4.62. The van der Waals surface area contributed by atoms with Gasteiger partial charge >= 0.3 is 0 Å². The number of halogens is 2. The lowest BCUT2D eigenvalue weighted by molar-refractivity contribution is -0.118.